The smallest absolute Gasteiger partial charge is 0.118 e. The second kappa shape index (κ2) is 6.19. The minimum absolute atomic E-state index is 0.556. The number of nitrogens with zero attached hydrogens (tertiary/aromatic N) is 1. The number of ether oxygens (including phenoxy) is 1. The number of rotatable bonds is 3. The van der Waals surface area contributed by atoms with Gasteiger partial charge in [0.05, 0.1) is 7.11 Å². The summed E-state index contributed by atoms with van der Waals surface area (Å²) in [6, 6.07) is 17.6. The number of hydrogen-bond acceptors (Lipinski definition) is 3. The average Bonchev–Trinajstić information content (AvgIpc) is 2.55. The lowest BCUT2D eigenvalue weighted by atomic mass is 10.0. The third-order valence-corrected chi connectivity index (χ3v) is 4.02. The van der Waals surface area contributed by atoms with Crippen molar-refractivity contribution in [3.05, 3.63) is 48.5 Å². The van der Waals surface area contributed by atoms with Crippen LogP contribution in [0.4, 0.5) is 5.69 Å². The van der Waals surface area contributed by atoms with Crippen LogP contribution in [0.15, 0.2) is 48.5 Å². The van der Waals surface area contributed by atoms with Crippen LogP contribution in [0, 0.1) is 0 Å². The molecule has 1 N–H and O–H groups in total. The van der Waals surface area contributed by atoms with Gasteiger partial charge in [-0.1, -0.05) is 24.3 Å². The van der Waals surface area contributed by atoms with E-state index in [2.05, 4.69) is 53.5 Å². The molecule has 1 atom stereocenters. The number of benzene rings is 2. The fourth-order valence-electron chi connectivity index (χ4n) is 2.82. The second-order valence-electron chi connectivity index (χ2n) is 5.58. The molecular weight excluding hydrogens is 260 g/mol. The molecule has 1 heterocycles. The van der Waals surface area contributed by atoms with Gasteiger partial charge in [0.25, 0.3) is 0 Å². The van der Waals surface area contributed by atoms with E-state index in [1.54, 1.807) is 7.11 Å². The number of anilines is 1. The van der Waals surface area contributed by atoms with Crippen LogP contribution >= 0.6 is 0 Å². The van der Waals surface area contributed by atoms with Crippen LogP contribution in [0.5, 0.6) is 5.75 Å². The normalized spacial score (nSPS) is 18.6. The molecule has 1 aliphatic heterocycles. The highest BCUT2D eigenvalue weighted by molar-refractivity contribution is 5.67. The van der Waals surface area contributed by atoms with Crippen molar-refractivity contribution in [3.63, 3.8) is 0 Å². The topological polar surface area (TPSA) is 24.5 Å². The molecule has 1 fully saturated rings. The molecule has 2 aromatic carbocycles. The van der Waals surface area contributed by atoms with Gasteiger partial charge in [0.2, 0.25) is 0 Å². The Kier molecular flexibility index (Phi) is 4.11. The molecule has 110 valence electrons. The summed E-state index contributed by atoms with van der Waals surface area (Å²) in [6.45, 7) is 5.44. The minimum Gasteiger partial charge on any atom is -0.497 e. The van der Waals surface area contributed by atoms with Crippen molar-refractivity contribution in [1.29, 1.82) is 0 Å². The molecule has 0 bridgehead atoms. The fourth-order valence-corrected chi connectivity index (χ4v) is 2.82. The Morgan fingerprint density at radius 3 is 2.19 bits per heavy atom. The molecule has 2 aromatic rings. The zero-order valence-electron chi connectivity index (χ0n) is 12.7. The Bertz CT molecular complexity index is 577. The summed E-state index contributed by atoms with van der Waals surface area (Å²) in [6.07, 6.45) is 0. The molecule has 0 amide bonds. The maximum absolute atomic E-state index is 5.20. The van der Waals surface area contributed by atoms with Crippen LogP contribution in [0.25, 0.3) is 11.1 Å². The van der Waals surface area contributed by atoms with Crippen LogP contribution in [0.2, 0.25) is 0 Å². The molecular formula is C18H22N2O. The molecule has 3 heteroatoms. The summed E-state index contributed by atoms with van der Waals surface area (Å²) in [7, 11) is 1.69. The first-order valence-electron chi connectivity index (χ1n) is 7.49. The molecule has 0 saturated carbocycles. The van der Waals surface area contributed by atoms with E-state index in [0.29, 0.717) is 6.04 Å². The van der Waals surface area contributed by atoms with E-state index in [1.165, 1.54) is 16.8 Å². The van der Waals surface area contributed by atoms with E-state index in [1.807, 2.05) is 12.1 Å². The Morgan fingerprint density at radius 1 is 1.00 bits per heavy atom. The van der Waals surface area contributed by atoms with E-state index < -0.39 is 0 Å². The quantitative estimate of drug-likeness (QED) is 0.936. The zero-order valence-corrected chi connectivity index (χ0v) is 12.7. The van der Waals surface area contributed by atoms with Gasteiger partial charge >= 0.3 is 0 Å². The first kappa shape index (κ1) is 14.0. The molecule has 21 heavy (non-hydrogen) atoms. The molecule has 0 aromatic heterocycles. The van der Waals surface area contributed by atoms with E-state index in [9.17, 15) is 0 Å². The van der Waals surface area contributed by atoms with Crippen molar-refractivity contribution in [3.8, 4) is 16.9 Å². The molecule has 3 nitrogen and oxygen atoms in total. The second-order valence-corrected chi connectivity index (χ2v) is 5.58. The predicted molar refractivity (Wildman–Crippen MR) is 88.1 cm³/mol. The third-order valence-electron chi connectivity index (χ3n) is 4.02. The third kappa shape index (κ3) is 3.19. The van der Waals surface area contributed by atoms with Crippen molar-refractivity contribution in [2.75, 3.05) is 31.6 Å². The summed E-state index contributed by atoms with van der Waals surface area (Å²) in [5.41, 5.74) is 3.77. The molecule has 1 aliphatic rings. The summed E-state index contributed by atoms with van der Waals surface area (Å²) < 4.78 is 5.20. The van der Waals surface area contributed by atoms with Gasteiger partial charge in [0.1, 0.15) is 5.75 Å². The first-order valence-corrected chi connectivity index (χ1v) is 7.49. The Labute approximate surface area is 126 Å². The van der Waals surface area contributed by atoms with Crippen LogP contribution in [-0.4, -0.2) is 32.8 Å². The zero-order chi connectivity index (χ0) is 14.7. The van der Waals surface area contributed by atoms with Crippen LogP contribution < -0.4 is 15.0 Å². The maximum atomic E-state index is 5.20. The van der Waals surface area contributed by atoms with Gasteiger partial charge in [-0.3, -0.25) is 0 Å². The molecule has 0 radical (unpaired) electrons. The van der Waals surface area contributed by atoms with Crippen LogP contribution in [0.3, 0.4) is 0 Å². The van der Waals surface area contributed by atoms with E-state index in [4.69, 9.17) is 4.74 Å². The summed E-state index contributed by atoms with van der Waals surface area (Å²) in [4.78, 5) is 2.44. The van der Waals surface area contributed by atoms with Gasteiger partial charge in [-0.25, -0.2) is 0 Å². The van der Waals surface area contributed by atoms with Gasteiger partial charge in [-0.2, -0.15) is 0 Å². The summed E-state index contributed by atoms with van der Waals surface area (Å²) >= 11 is 0. The lowest BCUT2D eigenvalue weighted by Crippen LogP contribution is -2.49. The van der Waals surface area contributed by atoms with E-state index in [-0.39, 0.29) is 0 Å². The summed E-state index contributed by atoms with van der Waals surface area (Å²) in [5.74, 6) is 0.894. The Morgan fingerprint density at radius 2 is 1.62 bits per heavy atom. The van der Waals surface area contributed by atoms with Crippen molar-refractivity contribution in [1.82, 2.24) is 5.32 Å². The number of hydrogen-bond donors (Lipinski definition) is 1. The van der Waals surface area contributed by atoms with Crippen molar-refractivity contribution < 1.29 is 4.74 Å². The molecule has 0 unspecified atom stereocenters. The minimum atomic E-state index is 0.556. The van der Waals surface area contributed by atoms with Gasteiger partial charge in [-0.05, 0) is 42.3 Å². The van der Waals surface area contributed by atoms with Gasteiger partial charge in [0, 0.05) is 31.4 Å². The average molecular weight is 282 g/mol. The highest BCUT2D eigenvalue weighted by Crippen LogP contribution is 2.25. The molecule has 0 aliphatic carbocycles. The standard InChI is InChI=1S/C18H22N2O/c1-14-13-20(12-11-19-14)17-7-3-15(4-8-17)16-5-9-18(21-2)10-6-16/h3-10,14,19H,11-13H2,1-2H3/t14-/m1/s1. The monoisotopic (exact) mass is 282 g/mol. The maximum Gasteiger partial charge on any atom is 0.118 e. The molecule has 1 saturated heterocycles. The first-order chi connectivity index (χ1) is 10.3. The highest BCUT2D eigenvalue weighted by atomic mass is 16.5. The molecule has 0 spiro atoms. The van der Waals surface area contributed by atoms with Gasteiger partial charge in [-0.15, -0.1) is 0 Å². The van der Waals surface area contributed by atoms with Crippen molar-refractivity contribution in [2.24, 2.45) is 0 Å². The highest BCUT2D eigenvalue weighted by Gasteiger charge is 2.15. The van der Waals surface area contributed by atoms with Gasteiger partial charge in [0.15, 0.2) is 0 Å². The predicted octanol–water partition coefficient (Wildman–Crippen LogP) is 3.16. The van der Waals surface area contributed by atoms with Gasteiger partial charge < -0.3 is 15.0 Å². The lowest BCUT2D eigenvalue weighted by molar-refractivity contribution is 0.415. The number of methoxy groups -OCH3 is 1. The largest absolute Gasteiger partial charge is 0.497 e. The van der Waals surface area contributed by atoms with Crippen LogP contribution in [0.1, 0.15) is 6.92 Å². The van der Waals surface area contributed by atoms with Crippen molar-refractivity contribution >= 4 is 5.69 Å². The number of piperazine rings is 1. The Hall–Kier alpha value is -2.00. The van der Waals surface area contributed by atoms with E-state index in [0.717, 1.165) is 25.4 Å². The van der Waals surface area contributed by atoms with E-state index >= 15 is 0 Å². The Balaban J connectivity index is 1.76. The van der Waals surface area contributed by atoms with Crippen LogP contribution in [-0.2, 0) is 0 Å². The SMILES string of the molecule is COc1ccc(-c2ccc(N3CCN[C@H](C)C3)cc2)cc1. The number of nitrogens with one attached hydrogen (secondary N) is 1. The fraction of sp³-hybridized carbons (Fsp3) is 0.333. The summed E-state index contributed by atoms with van der Waals surface area (Å²) in [5, 5.41) is 3.48. The van der Waals surface area contributed by atoms with Crippen molar-refractivity contribution in [2.45, 2.75) is 13.0 Å². The lowest BCUT2D eigenvalue weighted by Gasteiger charge is -2.33. The molecule has 3 rings (SSSR count).